The van der Waals surface area contributed by atoms with Crippen LogP contribution in [-0.2, 0) is 0 Å². The van der Waals surface area contributed by atoms with Crippen LogP contribution in [0.25, 0.3) is 11.2 Å². The second-order valence-corrected chi connectivity index (χ2v) is 4.79. The van der Waals surface area contributed by atoms with Crippen molar-refractivity contribution in [3.63, 3.8) is 0 Å². The van der Waals surface area contributed by atoms with Crippen LogP contribution in [-0.4, -0.2) is 33.6 Å². The van der Waals surface area contributed by atoms with Crippen molar-refractivity contribution in [3.05, 3.63) is 36.2 Å². The average molecular weight is 282 g/mol. The molecule has 1 aromatic carbocycles. The first-order chi connectivity index (χ1) is 10.3. The molecule has 7 nitrogen and oxygen atoms in total. The summed E-state index contributed by atoms with van der Waals surface area (Å²) in [6.45, 7) is 0.577. The maximum Gasteiger partial charge on any atom is 0.226 e. The van der Waals surface area contributed by atoms with Crippen molar-refractivity contribution in [2.75, 3.05) is 24.3 Å². The molecule has 1 atom stereocenters. The van der Waals surface area contributed by atoms with Gasteiger partial charge in [-0.05, 0) is 6.07 Å². The zero-order valence-electron chi connectivity index (χ0n) is 11.4. The molecule has 3 N–H and O–H groups in total. The molecule has 3 heterocycles. The topological polar surface area (TPSA) is 87.8 Å². The Balaban J connectivity index is 1.73. The molecule has 1 unspecified atom stereocenters. The summed E-state index contributed by atoms with van der Waals surface area (Å²) in [6, 6.07) is 8.07. The number of hydrogen-bond acceptors (Lipinski definition) is 6. The molecule has 3 aromatic rings. The van der Waals surface area contributed by atoms with Crippen LogP contribution in [0.1, 0.15) is 11.6 Å². The van der Waals surface area contributed by atoms with E-state index in [0.29, 0.717) is 24.0 Å². The van der Waals surface area contributed by atoms with Gasteiger partial charge in [0.15, 0.2) is 11.5 Å². The fourth-order valence-corrected chi connectivity index (χ4v) is 2.50. The third kappa shape index (κ3) is 1.94. The Kier molecular flexibility index (Phi) is 2.63. The third-order valence-corrected chi connectivity index (χ3v) is 3.52. The number of ether oxygens (including phenoxy) is 1. The molecule has 0 radical (unpaired) electrons. The quantitative estimate of drug-likeness (QED) is 0.680. The van der Waals surface area contributed by atoms with Crippen LogP contribution in [0.2, 0.25) is 0 Å². The Hall–Kier alpha value is -2.83. The van der Waals surface area contributed by atoms with Gasteiger partial charge in [0, 0.05) is 12.6 Å². The molecule has 0 saturated carbocycles. The Morgan fingerprint density at radius 3 is 3.10 bits per heavy atom. The second kappa shape index (κ2) is 4.62. The van der Waals surface area contributed by atoms with Gasteiger partial charge >= 0.3 is 0 Å². The van der Waals surface area contributed by atoms with Gasteiger partial charge in [0.05, 0.1) is 12.4 Å². The monoisotopic (exact) mass is 282 g/mol. The summed E-state index contributed by atoms with van der Waals surface area (Å²) in [7, 11) is 1.78. The number of para-hydroxylation sites is 1. The summed E-state index contributed by atoms with van der Waals surface area (Å²) in [5, 5.41) is 6.36. The molecule has 0 fully saturated rings. The highest BCUT2D eigenvalue weighted by molar-refractivity contribution is 5.84. The van der Waals surface area contributed by atoms with E-state index in [2.05, 4.69) is 36.6 Å². The molecule has 0 bridgehead atoms. The first-order valence-electron chi connectivity index (χ1n) is 6.72. The van der Waals surface area contributed by atoms with Gasteiger partial charge in [-0.25, -0.2) is 4.98 Å². The molecular formula is C14H14N6O. The first-order valence-corrected chi connectivity index (χ1v) is 6.72. The van der Waals surface area contributed by atoms with E-state index in [1.54, 1.807) is 13.4 Å². The van der Waals surface area contributed by atoms with Crippen LogP contribution in [0.4, 0.5) is 11.8 Å². The molecule has 106 valence electrons. The van der Waals surface area contributed by atoms with E-state index in [9.17, 15) is 0 Å². The van der Waals surface area contributed by atoms with Gasteiger partial charge in [0.1, 0.15) is 17.9 Å². The normalized spacial score (nSPS) is 16.5. The van der Waals surface area contributed by atoms with E-state index in [0.717, 1.165) is 16.8 Å². The molecular weight excluding hydrogens is 268 g/mol. The molecule has 4 rings (SSSR count). The van der Waals surface area contributed by atoms with Gasteiger partial charge in [-0.3, -0.25) is 0 Å². The maximum atomic E-state index is 5.69. The fourth-order valence-electron chi connectivity index (χ4n) is 2.50. The predicted molar refractivity (Wildman–Crippen MR) is 79.5 cm³/mol. The van der Waals surface area contributed by atoms with Crippen molar-refractivity contribution in [3.8, 4) is 5.75 Å². The van der Waals surface area contributed by atoms with Gasteiger partial charge in [0.25, 0.3) is 0 Å². The van der Waals surface area contributed by atoms with Gasteiger partial charge in [0.2, 0.25) is 5.95 Å². The largest absolute Gasteiger partial charge is 0.491 e. The summed E-state index contributed by atoms with van der Waals surface area (Å²) in [4.78, 5) is 16.0. The molecule has 7 heteroatoms. The number of nitrogens with one attached hydrogen (secondary N) is 3. The summed E-state index contributed by atoms with van der Waals surface area (Å²) in [5.74, 6) is 2.16. The van der Waals surface area contributed by atoms with E-state index in [-0.39, 0.29) is 6.04 Å². The minimum Gasteiger partial charge on any atom is -0.491 e. The first kappa shape index (κ1) is 12.0. The number of hydrogen-bond donors (Lipinski definition) is 3. The lowest BCUT2D eigenvalue weighted by Gasteiger charge is -2.13. The molecule has 1 aliphatic heterocycles. The van der Waals surface area contributed by atoms with Crippen LogP contribution in [0.15, 0.2) is 30.6 Å². The Labute approximate surface area is 120 Å². The van der Waals surface area contributed by atoms with Crippen LogP contribution in [0.5, 0.6) is 5.75 Å². The summed E-state index contributed by atoms with van der Waals surface area (Å²) in [6.07, 6.45) is 1.61. The summed E-state index contributed by atoms with van der Waals surface area (Å²) >= 11 is 0. The highest BCUT2D eigenvalue weighted by atomic mass is 16.5. The minimum absolute atomic E-state index is 0.0623. The molecule has 2 aromatic heterocycles. The molecule has 21 heavy (non-hydrogen) atoms. The maximum absolute atomic E-state index is 5.69. The Morgan fingerprint density at radius 1 is 1.29 bits per heavy atom. The number of aromatic nitrogens is 4. The highest BCUT2D eigenvalue weighted by Crippen LogP contribution is 2.34. The summed E-state index contributed by atoms with van der Waals surface area (Å²) in [5.41, 5.74) is 2.55. The molecule has 0 spiro atoms. The lowest BCUT2D eigenvalue weighted by molar-refractivity contribution is 0.339. The number of benzene rings is 1. The van der Waals surface area contributed by atoms with Crippen molar-refractivity contribution in [1.29, 1.82) is 0 Å². The van der Waals surface area contributed by atoms with Crippen LogP contribution in [0.3, 0.4) is 0 Å². The molecule has 0 amide bonds. The second-order valence-electron chi connectivity index (χ2n) is 4.79. The Morgan fingerprint density at radius 2 is 2.19 bits per heavy atom. The van der Waals surface area contributed by atoms with Gasteiger partial charge in [-0.2, -0.15) is 9.97 Å². The van der Waals surface area contributed by atoms with E-state index in [1.165, 1.54) is 0 Å². The zero-order chi connectivity index (χ0) is 14.2. The number of aromatic amines is 1. The van der Waals surface area contributed by atoms with E-state index in [1.807, 2.05) is 18.2 Å². The molecule has 1 aliphatic rings. The number of rotatable bonds is 3. The molecule has 0 saturated heterocycles. The third-order valence-electron chi connectivity index (χ3n) is 3.52. The number of H-pyrrole nitrogens is 1. The van der Waals surface area contributed by atoms with Gasteiger partial charge in [-0.15, -0.1) is 0 Å². The van der Waals surface area contributed by atoms with Crippen molar-refractivity contribution < 1.29 is 4.74 Å². The van der Waals surface area contributed by atoms with Gasteiger partial charge in [-0.1, -0.05) is 18.2 Å². The van der Waals surface area contributed by atoms with Crippen LogP contribution in [0, 0.1) is 0 Å². The van der Waals surface area contributed by atoms with Gasteiger partial charge < -0.3 is 20.4 Å². The standard InChI is InChI=1S/C14H14N6O/c1-15-14-19-12-11(16-7-17-12)13(20-14)18-9-6-21-10-5-3-2-4-8(9)10/h2-5,7,9H,6H2,1H3,(H3,15,16,17,18,19,20). The SMILES string of the molecule is CNc1nc(NC2COc3ccccc32)c2[nH]cnc2n1. The summed E-state index contributed by atoms with van der Waals surface area (Å²) < 4.78 is 5.69. The van der Waals surface area contributed by atoms with Crippen molar-refractivity contribution in [2.24, 2.45) is 0 Å². The fraction of sp³-hybridized carbons (Fsp3) is 0.214. The molecule has 0 aliphatic carbocycles. The smallest absolute Gasteiger partial charge is 0.226 e. The number of imidazole rings is 1. The lowest BCUT2D eigenvalue weighted by Crippen LogP contribution is -2.14. The average Bonchev–Trinajstić information content (AvgIpc) is 3.14. The highest BCUT2D eigenvalue weighted by Gasteiger charge is 2.25. The number of nitrogens with zero attached hydrogens (tertiary/aromatic N) is 3. The number of fused-ring (bicyclic) bond motifs is 2. The minimum atomic E-state index is 0.0623. The predicted octanol–water partition coefficient (Wildman–Crippen LogP) is 1.94. The van der Waals surface area contributed by atoms with Crippen molar-refractivity contribution in [2.45, 2.75) is 6.04 Å². The zero-order valence-corrected chi connectivity index (χ0v) is 11.4. The van der Waals surface area contributed by atoms with Crippen LogP contribution >= 0.6 is 0 Å². The van der Waals surface area contributed by atoms with E-state index >= 15 is 0 Å². The lowest BCUT2D eigenvalue weighted by atomic mass is 10.1. The number of anilines is 2. The van der Waals surface area contributed by atoms with Crippen molar-refractivity contribution in [1.82, 2.24) is 19.9 Å². The van der Waals surface area contributed by atoms with E-state index < -0.39 is 0 Å². The Bertz CT molecular complexity index is 799. The van der Waals surface area contributed by atoms with E-state index in [4.69, 9.17) is 4.74 Å². The van der Waals surface area contributed by atoms with Crippen LogP contribution < -0.4 is 15.4 Å². The van der Waals surface area contributed by atoms with Crippen molar-refractivity contribution >= 4 is 22.9 Å².